The normalized spacial score (nSPS) is 11.7. The second kappa shape index (κ2) is 5.75. The molecule has 2 aromatic carbocycles. The van der Waals surface area contributed by atoms with Crippen LogP contribution in [0.25, 0.3) is 11.1 Å². The molecule has 120 valence electrons. The molecule has 0 aliphatic heterocycles. The first-order valence-electron chi connectivity index (χ1n) is 6.83. The predicted octanol–water partition coefficient (Wildman–Crippen LogP) is 3.07. The molecule has 0 radical (unpaired) electrons. The van der Waals surface area contributed by atoms with Crippen LogP contribution in [-0.4, -0.2) is 13.0 Å². The van der Waals surface area contributed by atoms with Gasteiger partial charge in [-0.25, -0.2) is 13.2 Å². The molecule has 1 aromatic heterocycles. The molecule has 0 fully saturated rings. The number of oxazole rings is 1. The summed E-state index contributed by atoms with van der Waals surface area (Å²) in [5, 5.41) is 0.0175. The molecule has 0 saturated heterocycles. The maximum Gasteiger partial charge on any atom is 0.419 e. The molecular formula is C15H13ClN2O4S. The molecule has 0 bridgehead atoms. The van der Waals surface area contributed by atoms with Gasteiger partial charge in [-0.1, -0.05) is 29.8 Å². The van der Waals surface area contributed by atoms with Gasteiger partial charge in [0.15, 0.2) is 5.58 Å². The zero-order chi connectivity index (χ0) is 16.6. The highest BCUT2D eigenvalue weighted by Gasteiger charge is 2.21. The Labute approximate surface area is 137 Å². The Kier molecular flexibility index (Phi) is 3.91. The van der Waals surface area contributed by atoms with Crippen LogP contribution in [0.2, 0.25) is 5.02 Å². The summed E-state index contributed by atoms with van der Waals surface area (Å²) in [4.78, 5) is 11.6. The molecule has 1 N–H and O–H groups in total. The highest BCUT2D eigenvalue weighted by Crippen LogP contribution is 2.28. The highest BCUT2D eigenvalue weighted by atomic mass is 35.5. The van der Waals surface area contributed by atoms with E-state index in [1.807, 2.05) is 0 Å². The minimum absolute atomic E-state index is 0.0175. The van der Waals surface area contributed by atoms with Crippen LogP contribution >= 0.6 is 11.6 Å². The monoisotopic (exact) mass is 352 g/mol. The maximum atomic E-state index is 12.5. The van der Waals surface area contributed by atoms with Gasteiger partial charge in [0, 0.05) is 18.3 Å². The summed E-state index contributed by atoms with van der Waals surface area (Å²) in [7, 11) is -3.90. The van der Waals surface area contributed by atoms with Crippen molar-refractivity contribution in [3.63, 3.8) is 0 Å². The first-order valence-corrected chi connectivity index (χ1v) is 8.69. The van der Waals surface area contributed by atoms with Crippen LogP contribution in [0.3, 0.4) is 0 Å². The van der Waals surface area contributed by atoms with Crippen LogP contribution in [-0.2, 0) is 16.6 Å². The summed E-state index contributed by atoms with van der Waals surface area (Å²) in [6.45, 7) is 2.18. The lowest BCUT2D eigenvalue weighted by molar-refractivity contribution is 0.512. The minimum Gasteiger partial charge on any atom is -0.408 e. The Balaban J connectivity index is 2.12. The zero-order valence-corrected chi connectivity index (χ0v) is 13.7. The van der Waals surface area contributed by atoms with Gasteiger partial charge in [0.25, 0.3) is 10.0 Å². The van der Waals surface area contributed by atoms with E-state index in [0.29, 0.717) is 17.7 Å². The molecule has 0 atom stereocenters. The van der Waals surface area contributed by atoms with Crippen molar-refractivity contribution in [2.24, 2.45) is 0 Å². The van der Waals surface area contributed by atoms with Crippen LogP contribution in [0, 0.1) is 0 Å². The first-order chi connectivity index (χ1) is 10.9. The van der Waals surface area contributed by atoms with Crippen molar-refractivity contribution in [1.82, 2.24) is 4.57 Å². The summed E-state index contributed by atoms with van der Waals surface area (Å²) in [5.41, 5.74) is 1.05. The molecule has 1 heterocycles. The average Bonchev–Trinajstić information content (AvgIpc) is 2.81. The lowest BCUT2D eigenvalue weighted by Gasteiger charge is -2.09. The smallest absolute Gasteiger partial charge is 0.408 e. The number of sulfonamides is 1. The third kappa shape index (κ3) is 2.85. The summed E-state index contributed by atoms with van der Waals surface area (Å²) in [5.74, 6) is -0.552. The SMILES string of the molecule is CCn1c(=O)oc2cc(S(=O)(=O)Nc3ccccc3)c(Cl)cc21. The van der Waals surface area contributed by atoms with E-state index in [2.05, 4.69) is 4.72 Å². The number of fused-ring (bicyclic) bond motifs is 1. The van der Waals surface area contributed by atoms with Gasteiger partial charge >= 0.3 is 5.76 Å². The molecule has 0 aliphatic rings. The van der Waals surface area contributed by atoms with Gasteiger partial charge < -0.3 is 4.42 Å². The number of anilines is 1. The molecule has 3 rings (SSSR count). The van der Waals surface area contributed by atoms with Gasteiger partial charge in [-0.15, -0.1) is 0 Å². The third-order valence-corrected chi connectivity index (χ3v) is 5.20. The largest absolute Gasteiger partial charge is 0.419 e. The molecule has 0 spiro atoms. The topological polar surface area (TPSA) is 81.3 Å². The van der Waals surface area contributed by atoms with Gasteiger partial charge in [-0.05, 0) is 25.1 Å². The minimum atomic E-state index is -3.90. The van der Waals surface area contributed by atoms with Gasteiger partial charge in [0.1, 0.15) is 4.90 Å². The fourth-order valence-electron chi connectivity index (χ4n) is 2.29. The number of aromatic nitrogens is 1. The Morgan fingerprint density at radius 2 is 1.91 bits per heavy atom. The lowest BCUT2D eigenvalue weighted by atomic mass is 10.3. The molecule has 0 saturated carbocycles. The van der Waals surface area contributed by atoms with Crippen molar-refractivity contribution in [3.8, 4) is 0 Å². The van der Waals surface area contributed by atoms with E-state index in [-0.39, 0.29) is 15.5 Å². The van der Waals surface area contributed by atoms with Crippen LogP contribution < -0.4 is 10.5 Å². The number of nitrogens with one attached hydrogen (secondary N) is 1. The van der Waals surface area contributed by atoms with Crippen molar-refractivity contribution in [2.75, 3.05) is 4.72 Å². The van der Waals surface area contributed by atoms with Gasteiger partial charge in [0.2, 0.25) is 0 Å². The fraction of sp³-hybridized carbons (Fsp3) is 0.133. The van der Waals surface area contributed by atoms with Crippen molar-refractivity contribution in [3.05, 3.63) is 58.0 Å². The van der Waals surface area contributed by atoms with Crippen LogP contribution in [0.15, 0.2) is 56.6 Å². The number of halogens is 1. The molecular weight excluding hydrogens is 340 g/mol. The third-order valence-electron chi connectivity index (χ3n) is 3.35. The number of nitrogens with zero attached hydrogens (tertiary/aromatic N) is 1. The van der Waals surface area contributed by atoms with E-state index in [9.17, 15) is 13.2 Å². The summed E-state index contributed by atoms with van der Waals surface area (Å²) >= 11 is 6.12. The van der Waals surface area contributed by atoms with E-state index >= 15 is 0 Å². The number of para-hydroxylation sites is 1. The van der Waals surface area contributed by atoms with Crippen molar-refractivity contribution >= 4 is 38.4 Å². The highest BCUT2D eigenvalue weighted by molar-refractivity contribution is 7.92. The molecule has 0 unspecified atom stereocenters. The van der Waals surface area contributed by atoms with Gasteiger partial charge in [0.05, 0.1) is 10.5 Å². The van der Waals surface area contributed by atoms with E-state index in [1.165, 1.54) is 16.7 Å². The summed E-state index contributed by atoms with van der Waals surface area (Å²) in [6.07, 6.45) is 0. The number of aryl methyl sites for hydroxylation is 1. The average molecular weight is 353 g/mol. The summed E-state index contributed by atoms with van der Waals surface area (Å²) < 4.78 is 33.9. The van der Waals surface area contributed by atoms with E-state index in [0.717, 1.165) is 0 Å². The standard InChI is InChI=1S/C15H13ClN2O4S/c1-2-18-12-8-11(16)14(9-13(12)22-15(18)19)23(20,21)17-10-6-4-3-5-7-10/h3-9,17H,2H2,1H3. The van der Waals surface area contributed by atoms with Crippen molar-refractivity contribution in [2.45, 2.75) is 18.4 Å². The van der Waals surface area contributed by atoms with Crippen molar-refractivity contribution in [1.29, 1.82) is 0 Å². The number of rotatable bonds is 4. The predicted molar refractivity (Wildman–Crippen MR) is 88.4 cm³/mol. The second-order valence-corrected chi connectivity index (χ2v) is 6.89. The van der Waals surface area contributed by atoms with E-state index < -0.39 is 15.8 Å². The maximum absolute atomic E-state index is 12.5. The van der Waals surface area contributed by atoms with Gasteiger partial charge in [-0.3, -0.25) is 9.29 Å². The fourth-order valence-corrected chi connectivity index (χ4v) is 3.88. The van der Waals surface area contributed by atoms with Crippen LogP contribution in [0.4, 0.5) is 5.69 Å². The lowest BCUT2D eigenvalue weighted by Crippen LogP contribution is -2.14. The number of benzene rings is 2. The van der Waals surface area contributed by atoms with Crippen LogP contribution in [0.1, 0.15) is 6.92 Å². The van der Waals surface area contributed by atoms with Gasteiger partial charge in [-0.2, -0.15) is 0 Å². The Morgan fingerprint density at radius 1 is 1.22 bits per heavy atom. The molecule has 0 aliphatic carbocycles. The van der Waals surface area contributed by atoms with E-state index in [4.69, 9.17) is 16.0 Å². The second-order valence-electron chi connectivity index (χ2n) is 4.83. The zero-order valence-electron chi connectivity index (χ0n) is 12.1. The Bertz CT molecular complexity index is 1020. The van der Waals surface area contributed by atoms with Crippen molar-refractivity contribution < 1.29 is 12.8 Å². The number of hydrogen-bond acceptors (Lipinski definition) is 4. The molecule has 0 amide bonds. The van der Waals surface area contributed by atoms with Crippen LogP contribution in [0.5, 0.6) is 0 Å². The first kappa shape index (κ1) is 15.6. The Hall–Kier alpha value is -2.25. The molecule has 23 heavy (non-hydrogen) atoms. The quantitative estimate of drug-likeness (QED) is 0.782. The number of hydrogen-bond donors (Lipinski definition) is 1. The van der Waals surface area contributed by atoms with E-state index in [1.54, 1.807) is 37.3 Å². The summed E-state index contributed by atoms with van der Waals surface area (Å²) in [6, 6.07) is 11.1. The molecule has 6 nitrogen and oxygen atoms in total. The Morgan fingerprint density at radius 3 is 2.57 bits per heavy atom. The molecule has 3 aromatic rings. The molecule has 8 heteroatoms.